The molecule has 3 aromatic rings. The molecule has 1 aromatic heterocycles. The summed E-state index contributed by atoms with van der Waals surface area (Å²) in [7, 11) is 6.63. The summed E-state index contributed by atoms with van der Waals surface area (Å²) in [5.74, 6) is 0. The van der Waals surface area contributed by atoms with Crippen molar-refractivity contribution in [1.29, 1.82) is 0 Å². The van der Waals surface area contributed by atoms with E-state index in [9.17, 15) is 0 Å². The van der Waals surface area contributed by atoms with Gasteiger partial charge in [0.15, 0.2) is 0 Å². The lowest BCUT2D eigenvalue weighted by Gasteiger charge is -2.41. The third kappa shape index (κ3) is 5.48. The molecule has 1 aliphatic heterocycles. The molecule has 0 saturated carbocycles. The highest BCUT2D eigenvalue weighted by Crippen LogP contribution is 2.48. The third-order valence-electron chi connectivity index (χ3n) is 10.6. The standard InChI is InChI=1S/C46H41BN2/c1-5-6-17-40-32(4)48(38-22-21-35-23-31(3)43(47)27-34-16-9-7-8-15-33(34)24-36(35)25-38)46-28-37-26-39(29-42(40)46)49(44-19-12-10-14-30(44)2)45-20-13-11-18-41(37)45/h5-6,8-18,20-22,24-25,27-29,44H,1,7,19,23,26H2,2-4H3/b17-6-,33-24+,34-27?,43-31?. The van der Waals surface area contributed by atoms with E-state index in [2.05, 4.69) is 158 Å². The van der Waals surface area contributed by atoms with Crippen LogP contribution in [0.2, 0.25) is 0 Å². The van der Waals surface area contributed by atoms with Crippen LogP contribution in [0.15, 0.2) is 143 Å². The van der Waals surface area contributed by atoms with Crippen LogP contribution in [0.3, 0.4) is 0 Å². The summed E-state index contributed by atoms with van der Waals surface area (Å²) >= 11 is 0. The molecule has 8 rings (SSSR count). The van der Waals surface area contributed by atoms with Gasteiger partial charge in [-0.15, -0.1) is 0 Å². The summed E-state index contributed by atoms with van der Waals surface area (Å²) in [6, 6.07) is 16.2. The lowest BCUT2D eigenvalue weighted by molar-refractivity contribution is 0.703. The third-order valence-corrected chi connectivity index (χ3v) is 10.6. The number of rotatable bonds is 4. The minimum atomic E-state index is 0.292. The molecule has 1 unspecified atom stereocenters. The second-order valence-electron chi connectivity index (χ2n) is 13.7. The van der Waals surface area contributed by atoms with Crippen molar-refractivity contribution in [2.45, 2.75) is 52.5 Å². The van der Waals surface area contributed by atoms with Gasteiger partial charge in [-0.25, -0.2) is 0 Å². The Kier molecular flexibility index (Phi) is 8.00. The molecule has 2 radical (unpaired) electrons. The molecule has 0 saturated heterocycles. The fourth-order valence-electron chi connectivity index (χ4n) is 8.01. The maximum absolute atomic E-state index is 6.63. The van der Waals surface area contributed by atoms with Crippen LogP contribution < -0.4 is 4.90 Å². The molecule has 0 fully saturated rings. The zero-order chi connectivity index (χ0) is 33.6. The van der Waals surface area contributed by atoms with Gasteiger partial charge < -0.3 is 9.47 Å². The van der Waals surface area contributed by atoms with Crippen LogP contribution >= 0.6 is 0 Å². The molecular weight excluding hydrogens is 591 g/mol. The van der Waals surface area contributed by atoms with E-state index >= 15 is 0 Å². The highest BCUT2D eigenvalue weighted by Gasteiger charge is 2.34. The molecule has 0 N–H and O–H groups in total. The van der Waals surface area contributed by atoms with Gasteiger partial charge in [-0.2, -0.15) is 0 Å². The van der Waals surface area contributed by atoms with Crippen molar-refractivity contribution < 1.29 is 0 Å². The van der Waals surface area contributed by atoms with Crippen molar-refractivity contribution in [3.63, 3.8) is 0 Å². The molecule has 0 amide bonds. The number of fused-ring (bicyclic) bond motifs is 7. The van der Waals surface area contributed by atoms with Gasteiger partial charge in [0.2, 0.25) is 0 Å². The van der Waals surface area contributed by atoms with E-state index in [1.54, 1.807) is 0 Å². The zero-order valence-corrected chi connectivity index (χ0v) is 28.7. The molecule has 49 heavy (non-hydrogen) atoms. The first-order valence-electron chi connectivity index (χ1n) is 17.4. The van der Waals surface area contributed by atoms with Crippen LogP contribution in [-0.2, 0) is 6.42 Å². The fraction of sp³-hybridized carbons (Fsp3) is 0.174. The van der Waals surface area contributed by atoms with Crippen molar-refractivity contribution >= 4 is 43.4 Å². The van der Waals surface area contributed by atoms with E-state index in [1.807, 2.05) is 6.08 Å². The Morgan fingerprint density at radius 1 is 0.898 bits per heavy atom. The maximum atomic E-state index is 6.63. The van der Waals surface area contributed by atoms with Crippen LogP contribution in [0, 0.1) is 6.92 Å². The second kappa shape index (κ2) is 12.6. The first-order chi connectivity index (χ1) is 23.9. The number of aromatic nitrogens is 1. The normalized spacial score (nSPS) is 20.6. The van der Waals surface area contributed by atoms with Gasteiger partial charge >= 0.3 is 0 Å². The Hall–Kier alpha value is -5.28. The predicted octanol–water partition coefficient (Wildman–Crippen LogP) is 11.2. The van der Waals surface area contributed by atoms with Crippen molar-refractivity contribution in [1.82, 2.24) is 4.57 Å². The molecule has 4 aliphatic carbocycles. The number of anilines is 1. The van der Waals surface area contributed by atoms with Gasteiger partial charge in [-0.3, -0.25) is 0 Å². The lowest BCUT2D eigenvalue weighted by atomic mass is 9.86. The fourth-order valence-corrected chi connectivity index (χ4v) is 8.01. The van der Waals surface area contributed by atoms with Gasteiger partial charge in [-0.1, -0.05) is 114 Å². The number of benzene rings is 2. The zero-order valence-electron chi connectivity index (χ0n) is 28.7. The molecule has 238 valence electrons. The minimum Gasteiger partial charge on any atom is -0.337 e. The molecule has 2 nitrogen and oxygen atoms in total. The SMILES string of the molecule is [B]C1=C(C)Cc2ccc(-n3c(C)c(/C=C\C=C)c4c3C=C3CC(=C4)N(C4CC=CC=C4C)c4ccccc43)cc2/C=C2\C=CCC=CC2=C1. The number of allylic oxidation sites excluding steroid dienone is 14. The Morgan fingerprint density at radius 2 is 1.71 bits per heavy atom. The summed E-state index contributed by atoms with van der Waals surface area (Å²) in [4.78, 5) is 2.60. The highest BCUT2D eigenvalue weighted by molar-refractivity contribution is 6.24. The van der Waals surface area contributed by atoms with E-state index in [0.717, 1.165) is 42.4 Å². The molecule has 5 aliphatic rings. The number of para-hydroxylation sites is 1. The van der Waals surface area contributed by atoms with Gasteiger partial charge in [0.1, 0.15) is 7.85 Å². The van der Waals surface area contributed by atoms with Crippen LogP contribution in [-0.4, -0.2) is 18.5 Å². The summed E-state index contributed by atoms with van der Waals surface area (Å²) in [5.41, 5.74) is 19.6. The van der Waals surface area contributed by atoms with Gasteiger partial charge in [0.05, 0.1) is 11.7 Å². The van der Waals surface area contributed by atoms with Crippen LogP contribution in [0.5, 0.6) is 0 Å². The van der Waals surface area contributed by atoms with E-state index in [1.165, 1.54) is 72.9 Å². The predicted molar refractivity (Wildman–Crippen MR) is 212 cm³/mol. The van der Waals surface area contributed by atoms with Crippen LogP contribution in [0.25, 0.3) is 35.6 Å². The summed E-state index contributed by atoms with van der Waals surface area (Å²) in [5, 5.41) is 0. The van der Waals surface area contributed by atoms with E-state index < -0.39 is 0 Å². The Labute approximate surface area is 292 Å². The first kappa shape index (κ1) is 31.0. The number of hydrogen-bond donors (Lipinski definition) is 0. The van der Waals surface area contributed by atoms with Crippen molar-refractivity contribution in [2.24, 2.45) is 0 Å². The monoisotopic (exact) mass is 632 g/mol. The number of nitrogens with zero attached hydrogens (tertiary/aromatic N) is 2. The Balaban J connectivity index is 1.36. The van der Waals surface area contributed by atoms with Gasteiger partial charge in [0.25, 0.3) is 0 Å². The minimum absolute atomic E-state index is 0.292. The van der Waals surface area contributed by atoms with Gasteiger partial charge in [0, 0.05) is 45.9 Å². The van der Waals surface area contributed by atoms with E-state index in [0.29, 0.717) is 6.04 Å². The largest absolute Gasteiger partial charge is 0.337 e. The highest BCUT2D eigenvalue weighted by atomic mass is 15.2. The molecule has 2 bridgehead atoms. The first-order valence-corrected chi connectivity index (χ1v) is 17.4. The molecule has 1 atom stereocenters. The second-order valence-corrected chi connectivity index (χ2v) is 13.7. The molecule has 3 heteroatoms. The molecule has 2 aromatic carbocycles. The van der Waals surface area contributed by atoms with Crippen LogP contribution in [0.1, 0.15) is 72.3 Å². The Morgan fingerprint density at radius 3 is 2.53 bits per heavy atom. The van der Waals surface area contributed by atoms with Crippen molar-refractivity contribution in [3.8, 4) is 5.69 Å². The summed E-state index contributed by atoms with van der Waals surface area (Å²) < 4.78 is 2.46. The average molecular weight is 633 g/mol. The Bertz CT molecular complexity index is 2230. The number of hydrogen-bond acceptors (Lipinski definition) is 1. The quantitative estimate of drug-likeness (QED) is 0.205. The maximum Gasteiger partial charge on any atom is 0.113 e. The molecular formula is C46H41BN2. The summed E-state index contributed by atoms with van der Waals surface area (Å²) in [6.07, 6.45) is 34.8. The molecule has 2 heterocycles. The smallest absolute Gasteiger partial charge is 0.113 e. The van der Waals surface area contributed by atoms with Crippen molar-refractivity contribution in [3.05, 3.63) is 182 Å². The van der Waals surface area contributed by atoms with Gasteiger partial charge in [-0.05, 0) is 104 Å². The average Bonchev–Trinajstić information content (AvgIpc) is 3.23. The van der Waals surface area contributed by atoms with Crippen molar-refractivity contribution in [2.75, 3.05) is 4.90 Å². The van der Waals surface area contributed by atoms with E-state index in [4.69, 9.17) is 7.85 Å². The molecule has 0 spiro atoms. The lowest BCUT2D eigenvalue weighted by Crippen LogP contribution is -2.38. The summed E-state index contributed by atoms with van der Waals surface area (Å²) in [6.45, 7) is 10.7. The topological polar surface area (TPSA) is 8.17 Å². The van der Waals surface area contributed by atoms with E-state index in [-0.39, 0.29) is 0 Å². The van der Waals surface area contributed by atoms with Crippen LogP contribution in [0.4, 0.5) is 5.69 Å².